The first-order valence-electron chi connectivity index (χ1n) is 8.83. The van der Waals surface area contributed by atoms with Gasteiger partial charge in [-0.2, -0.15) is 0 Å². The van der Waals surface area contributed by atoms with Crippen molar-refractivity contribution in [2.24, 2.45) is 0 Å². The number of carbonyl (C=O) groups excluding carboxylic acids is 1. The fourth-order valence-electron chi connectivity index (χ4n) is 3.13. The Kier molecular flexibility index (Phi) is 6.28. The number of hydrogen-bond acceptors (Lipinski definition) is 5. The highest BCUT2D eigenvalue weighted by Crippen LogP contribution is 2.35. The van der Waals surface area contributed by atoms with Crippen LogP contribution in [0.25, 0.3) is 0 Å². The van der Waals surface area contributed by atoms with Crippen molar-refractivity contribution in [1.82, 2.24) is 10.6 Å². The van der Waals surface area contributed by atoms with Gasteiger partial charge in [-0.05, 0) is 40.0 Å². The molecule has 0 radical (unpaired) electrons. The minimum atomic E-state index is -0.464. The lowest BCUT2D eigenvalue weighted by molar-refractivity contribution is -0.179. The molecule has 0 bridgehead atoms. The molecule has 134 valence electrons. The van der Waals surface area contributed by atoms with Crippen molar-refractivity contribution in [2.75, 3.05) is 19.8 Å². The maximum absolute atomic E-state index is 11.9. The van der Waals surface area contributed by atoms with Crippen molar-refractivity contribution in [3.05, 3.63) is 0 Å². The van der Waals surface area contributed by atoms with Gasteiger partial charge in [-0.1, -0.05) is 6.92 Å². The fraction of sp³-hybridized carbons (Fsp3) is 0.941. The Hall–Kier alpha value is -0.850. The number of nitrogens with one attached hydrogen (secondary N) is 2. The quantitative estimate of drug-likeness (QED) is 0.812. The number of alkyl carbamates (subject to hydrolysis) is 1. The lowest BCUT2D eigenvalue weighted by Gasteiger charge is -2.36. The highest BCUT2D eigenvalue weighted by molar-refractivity contribution is 5.68. The average molecular weight is 328 g/mol. The SMILES string of the molecule is CCC(CNC1CCC2(CC1)OCCO2)NC(=O)OC(C)(C)C. The molecule has 1 saturated heterocycles. The first-order valence-corrected chi connectivity index (χ1v) is 8.83. The number of hydrogen-bond donors (Lipinski definition) is 2. The third-order valence-corrected chi connectivity index (χ3v) is 4.43. The normalized spacial score (nSPS) is 23.0. The smallest absolute Gasteiger partial charge is 0.407 e. The molecule has 2 fully saturated rings. The Morgan fingerprint density at radius 2 is 1.87 bits per heavy atom. The summed E-state index contributed by atoms with van der Waals surface area (Å²) in [5.41, 5.74) is -0.464. The van der Waals surface area contributed by atoms with Crippen LogP contribution in [0.5, 0.6) is 0 Å². The molecule has 1 unspecified atom stereocenters. The van der Waals surface area contributed by atoms with Crippen molar-refractivity contribution in [3.8, 4) is 0 Å². The molecule has 0 aromatic carbocycles. The number of rotatable bonds is 5. The zero-order valence-electron chi connectivity index (χ0n) is 14.9. The molecular formula is C17H32N2O4. The van der Waals surface area contributed by atoms with Crippen molar-refractivity contribution < 1.29 is 19.0 Å². The molecule has 2 aliphatic rings. The molecule has 0 aromatic rings. The van der Waals surface area contributed by atoms with Gasteiger partial charge in [-0.15, -0.1) is 0 Å². The Morgan fingerprint density at radius 1 is 1.26 bits per heavy atom. The fourth-order valence-corrected chi connectivity index (χ4v) is 3.13. The lowest BCUT2D eigenvalue weighted by atomic mass is 9.90. The van der Waals surface area contributed by atoms with Crippen LogP contribution in [-0.4, -0.2) is 49.3 Å². The molecule has 0 aromatic heterocycles. The van der Waals surface area contributed by atoms with Crippen LogP contribution in [0.1, 0.15) is 59.8 Å². The second-order valence-electron chi connectivity index (χ2n) is 7.54. The zero-order chi connectivity index (χ0) is 16.9. The van der Waals surface area contributed by atoms with Crippen LogP contribution in [0.3, 0.4) is 0 Å². The highest BCUT2D eigenvalue weighted by atomic mass is 16.7. The third-order valence-electron chi connectivity index (χ3n) is 4.43. The second-order valence-corrected chi connectivity index (χ2v) is 7.54. The molecule has 1 spiro atoms. The van der Waals surface area contributed by atoms with E-state index in [1.807, 2.05) is 20.8 Å². The number of amides is 1. The zero-order valence-corrected chi connectivity index (χ0v) is 14.9. The topological polar surface area (TPSA) is 68.8 Å². The summed E-state index contributed by atoms with van der Waals surface area (Å²) in [7, 11) is 0. The van der Waals surface area contributed by atoms with E-state index in [4.69, 9.17) is 14.2 Å². The van der Waals surface area contributed by atoms with Gasteiger partial charge in [0.2, 0.25) is 0 Å². The molecule has 1 atom stereocenters. The first-order chi connectivity index (χ1) is 10.8. The first kappa shape index (κ1) is 18.5. The molecule has 2 rings (SSSR count). The Morgan fingerprint density at radius 3 is 2.39 bits per heavy atom. The van der Waals surface area contributed by atoms with Gasteiger partial charge in [0.25, 0.3) is 0 Å². The van der Waals surface area contributed by atoms with E-state index in [9.17, 15) is 4.79 Å². The lowest BCUT2D eigenvalue weighted by Crippen LogP contribution is -2.48. The van der Waals surface area contributed by atoms with Crippen LogP contribution < -0.4 is 10.6 Å². The molecule has 6 nitrogen and oxygen atoms in total. The summed E-state index contributed by atoms with van der Waals surface area (Å²) < 4.78 is 16.8. The second kappa shape index (κ2) is 7.81. The maximum atomic E-state index is 11.9. The van der Waals surface area contributed by atoms with E-state index in [1.54, 1.807) is 0 Å². The highest BCUT2D eigenvalue weighted by Gasteiger charge is 2.40. The van der Waals surface area contributed by atoms with Gasteiger partial charge in [0.15, 0.2) is 5.79 Å². The van der Waals surface area contributed by atoms with E-state index in [0.717, 1.165) is 51.9 Å². The summed E-state index contributed by atoms with van der Waals surface area (Å²) in [6.45, 7) is 9.88. The molecule has 1 aliphatic heterocycles. The summed E-state index contributed by atoms with van der Waals surface area (Å²) in [6.07, 6.45) is 4.50. The van der Waals surface area contributed by atoms with Gasteiger partial charge < -0.3 is 24.8 Å². The summed E-state index contributed by atoms with van der Waals surface area (Å²) in [5.74, 6) is -0.308. The summed E-state index contributed by atoms with van der Waals surface area (Å²) in [6, 6.07) is 0.544. The van der Waals surface area contributed by atoms with Gasteiger partial charge in [0.05, 0.1) is 13.2 Å². The Balaban J connectivity index is 1.68. The van der Waals surface area contributed by atoms with E-state index >= 15 is 0 Å². The van der Waals surface area contributed by atoms with Crippen LogP contribution in [0.2, 0.25) is 0 Å². The van der Waals surface area contributed by atoms with E-state index in [-0.39, 0.29) is 17.9 Å². The predicted molar refractivity (Wildman–Crippen MR) is 88.3 cm³/mol. The molecule has 1 saturated carbocycles. The Labute approximate surface area is 139 Å². The molecule has 23 heavy (non-hydrogen) atoms. The monoisotopic (exact) mass is 328 g/mol. The molecule has 1 amide bonds. The van der Waals surface area contributed by atoms with Gasteiger partial charge in [0.1, 0.15) is 5.60 Å². The Bertz CT molecular complexity index is 379. The third kappa shape index (κ3) is 5.94. The van der Waals surface area contributed by atoms with E-state index < -0.39 is 5.60 Å². The predicted octanol–water partition coefficient (Wildman–Crippen LogP) is 2.57. The van der Waals surface area contributed by atoms with E-state index in [1.165, 1.54) is 0 Å². The minimum Gasteiger partial charge on any atom is -0.444 e. The van der Waals surface area contributed by atoms with E-state index in [0.29, 0.717) is 6.04 Å². The van der Waals surface area contributed by atoms with Gasteiger partial charge >= 0.3 is 6.09 Å². The largest absolute Gasteiger partial charge is 0.444 e. The number of carbonyl (C=O) groups is 1. The molecular weight excluding hydrogens is 296 g/mol. The summed E-state index contributed by atoms with van der Waals surface area (Å²) >= 11 is 0. The van der Waals surface area contributed by atoms with Crippen molar-refractivity contribution in [1.29, 1.82) is 0 Å². The molecule has 2 N–H and O–H groups in total. The van der Waals surface area contributed by atoms with Crippen molar-refractivity contribution in [3.63, 3.8) is 0 Å². The maximum Gasteiger partial charge on any atom is 0.407 e. The van der Waals surface area contributed by atoms with Crippen molar-refractivity contribution in [2.45, 2.75) is 83.3 Å². The summed E-state index contributed by atoms with van der Waals surface area (Å²) in [5, 5.41) is 6.50. The molecule has 1 heterocycles. The average Bonchev–Trinajstić information content (AvgIpc) is 2.91. The van der Waals surface area contributed by atoms with Crippen LogP contribution in [0.15, 0.2) is 0 Å². The molecule has 1 aliphatic carbocycles. The van der Waals surface area contributed by atoms with E-state index in [2.05, 4.69) is 17.6 Å². The van der Waals surface area contributed by atoms with Gasteiger partial charge in [-0.3, -0.25) is 0 Å². The van der Waals surface area contributed by atoms with Gasteiger partial charge in [0, 0.05) is 31.5 Å². The molecule has 6 heteroatoms. The van der Waals surface area contributed by atoms with Crippen LogP contribution in [0, 0.1) is 0 Å². The van der Waals surface area contributed by atoms with Crippen LogP contribution >= 0.6 is 0 Å². The van der Waals surface area contributed by atoms with Crippen molar-refractivity contribution >= 4 is 6.09 Å². The van der Waals surface area contributed by atoms with Gasteiger partial charge in [-0.25, -0.2) is 4.79 Å². The van der Waals surface area contributed by atoms with Crippen LogP contribution in [-0.2, 0) is 14.2 Å². The standard InChI is InChI=1S/C17H32N2O4/c1-5-13(19-15(20)23-16(2,3)4)12-18-14-6-8-17(9-7-14)21-10-11-22-17/h13-14,18H,5-12H2,1-4H3,(H,19,20). The summed E-state index contributed by atoms with van der Waals surface area (Å²) in [4.78, 5) is 11.9. The van der Waals surface area contributed by atoms with Crippen LogP contribution in [0.4, 0.5) is 4.79 Å². The number of ether oxygens (including phenoxy) is 3. The minimum absolute atomic E-state index is 0.0831.